The highest BCUT2D eigenvalue weighted by Crippen LogP contribution is 2.48. The quantitative estimate of drug-likeness (QED) is 0.282. The molecule has 2 N–H and O–H groups in total. The van der Waals surface area contributed by atoms with Crippen LogP contribution in [0.5, 0.6) is 0 Å². The fourth-order valence-electron chi connectivity index (χ4n) is 7.02. The summed E-state index contributed by atoms with van der Waals surface area (Å²) in [7, 11) is 0. The Kier molecular flexibility index (Phi) is 8.44. The molecule has 0 aromatic rings. The summed E-state index contributed by atoms with van der Waals surface area (Å²) < 4.78 is 26.2. The predicted octanol–water partition coefficient (Wildman–Crippen LogP) is 5.99. The minimum atomic E-state index is -0.906. The fourth-order valence-corrected chi connectivity index (χ4v) is 7.34. The molecular formula is C30H51BrO6. The van der Waals surface area contributed by atoms with Crippen molar-refractivity contribution in [1.82, 2.24) is 0 Å². The number of aliphatic hydroxyl groups is 2. The molecule has 9 atom stereocenters. The van der Waals surface area contributed by atoms with Gasteiger partial charge in [-0.1, -0.05) is 22.5 Å². The molecule has 0 saturated carbocycles. The topological polar surface area (TPSA) is 77.4 Å². The average Bonchev–Trinajstić information content (AvgIpc) is 3.22. The molecule has 0 spiro atoms. The van der Waals surface area contributed by atoms with E-state index in [1.165, 1.54) is 0 Å². The van der Waals surface area contributed by atoms with E-state index < -0.39 is 17.3 Å². The highest BCUT2D eigenvalue weighted by molar-refractivity contribution is 9.09. The average molecular weight is 588 g/mol. The van der Waals surface area contributed by atoms with Crippen LogP contribution < -0.4 is 0 Å². The third kappa shape index (κ3) is 6.18. The summed E-state index contributed by atoms with van der Waals surface area (Å²) in [6.07, 6.45) is 7.74. The highest BCUT2D eigenvalue weighted by atomic mass is 79.9. The van der Waals surface area contributed by atoms with Crippen molar-refractivity contribution >= 4 is 15.9 Å². The van der Waals surface area contributed by atoms with Gasteiger partial charge in [0.05, 0.1) is 58.5 Å². The molecule has 4 fully saturated rings. The van der Waals surface area contributed by atoms with E-state index in [9.17, 15) is 10.2 Å². The number of fused-ring (bicyclic) bond motifs is 1. The number of hydrogen-bond acceptors (Lipinski definition) is 6. The molecule has 0 aliphatic carbocycles. The lowest BCUT2D eigenvalue weighted by Crippen LogP contribution is -2.62. The zero-order valence-electron chi connectivity index (χ0n) is 24.1. The van der Waals surface area contributed by atoms with Gasteiger partial charge in [-0.2, -0.15) is 0 Å². The van der Waals surface area contributed by atoms with Crippen LogP contribution in [0, 0.1) is 0 Å². The lowest BCUT2D eigenvalue weighted by Gasteiger charge is -2.55. The Bertz CT molecular complexity index is 840. The van der Waals surface area contributed by atoms with Crippen molar-refractivity contribution < 1.29 is 29.2 Å². The first-order valence-electron chi connectivity index (χ1n) is 14.4. The van der Waals surface area contributed by atoms with E-state index in [-0.39, 0.29) is 41.2 Å². The number of halogens is 1. The number of ether oxygens (including phenoxy) is 4. The van der Waals surface area contributed by atoms with Crippen LogP contribution in [0.4, 0.5) is 0 Å². The van der Waals surface area contributed by atoms with Gasteiger partial charge >= 0.3 is 0 Å². The summed E-state index contributed by atoms with van der Waals surface area (Å²) in [6, 6.07) is 0. The molecule has 0 radical (unpaired) electrons. The maximum Gasteiger partial charge on any atom is 0.0924 e. The maximum atomic E-state index is 11.0. The van der Waals surface area contributed by atoms with Gasteiger partial charge in [0.1, 0.15) is 0 Å². The van der Waals surface area contributed by atoms with Gasteiger partial charge in [-0.05, 0) is 118 Å². The Hall–Kier alpha value is -0.0200. The molecule has 0 aromatic heterocycles. The molecule has 9 unspecified atom stereocenters. The van der Waals surface area contributed by atoms with E-state index in [4.69, 9.17) is 18.9 Å². The van der Waals surface area contributed by atoms with Gasteiger partial charge in [0.15, 0.2) is 0 Å². The van der Waals surface area contributed by atoms with Gasteiger partial charge in [-0.3, -0.25) is 0 Å². The Morgan fingerprint density at radius 3 is 2.22 bits per heavy atom. The molecule has 7 heteroatoms. The van der Waals surface area contributed by atoms with Crippen LogP contribution in [0.15, 0.2) is 12.2 Å². The summed E-state index contributed by atoms with van der Waals surface area (Å²) in [5, 5.41) is 21.3. The van der Waals surface area contributed by atoms with Crippen LogP contribution in [0.1, 0.15) is 113 Å². The molecule has 0 aromatic carbocycles. The SMILES string of the molecule is C=C(CCC(O)C1(C)CCC(C(C)(C)O)O1)C1CCC2OC(C3(C)CCC(Br)C(C)(C)O3)CCC2(C)O1. The van der Waals surface area contributed by atoms with E-state index >= 15 is 0 Å². The molecule has 4 saturated heterocycles. The molecule has 4 rings (SSSR count). The number of hydrogen-bond donors (Lipinski definition) is 2. The number of alkyl halides is 1. The van der Waals surface area contributed by atoms with Crippen LogP contribution >= 0.6 is 15.9 Å². The fraction of sp³-hybridized carbons (Fsp3) is 0.933. The minimum Gasteiger partial charge on any atom is -0.390 e. The second-order valence-corrected chi connectivity index (χ2v) is 15.1. The summed E-state index contributed by atoms with van der Waals surface area (Å²) >= 11 is 3.80. The van der Waals surface area contributed by atoms with Crippen LogP contribution in [-0.2, 0) is 18.9 Å². The summed E-state index contributed by atoms with van der Waals surface area (Å²) in [4.78, 5) is 0.357. The first kappa shape index (κ1) is 30.0. The number of aliphatic hydroxyl groups excluding tert-OH is 1. The van der Waals surface area contributed by atoms with Crippen molar-refractivity contribution in [2.45, 2.75) is 176 Å². The molecule has 0 amide bonds. The third-order valence-electron chi connectivity index (χ3n) is 9.84. The smallest absolute Gasteiger partial charge is 0.0924 e. The Balaban J connectivity index is 1.29. The molecule has 0 bridgehead atoms. The first-order valence-corrected chi connectivity index (χ1v) is 15.3. The van der Waals surface area contributed by atoms with E-state index in [0.29, 0.717) is 17.7 Å². The molecule has 4 aliphatic rings. The largest absolute Gasteiger partial charge is 0.390 e. The highest BCUT2D eigenvalue weighted by Gasteiger charge is 2.54. The zero-order chi connectivity index (χ0) is 27.4. The monoisotopic (exact) mass is 586 g/mol. The lowest BCUT2D eigenvalue weighted by atomic mass is 9.76. The lowest BCUT2D eigenvalue weighted by molar-refractivity contribution is -0.285. The normalized spacial score (nSPS) is 45.3. The number of rotatable bonds is 7. The van der Waals surface area contributed by atoms with Gasteiger partial charge in [-0.15, -0.1) is 0 Å². The molecule has 214 valence electrons. The third-order valence-corrected chi connectivity index (χ3v) is 11.4. The van der Waals surface area contributed by atoms with Gasteiger partial charge < -0.3 is 29.2 Å². The van der Waals surface area contributed by atoms with Crippen LogP contribution in [0.3, 0.4) is 0 Å². The minimum absolute atomic E-state index is 0.0235. The van der Waals surface area contributed by atoms with Crippen molar-refractivity contribution in [1.29, 1.82) is 0 Å². The maximum absolute atomic E-state index is 11.0. The molecular weight excluding hydrogens is 536 g/mol. The van der Waals surface area contributed by atoms with Crippen molar-refractivity contribution in [2.75, 3.05) is 0 Å². The summed E-state index contributed by atoms with van der Waals surface area (Å²) in [6.45, 7) is 18.6. The molecule has 4 aliphatic heterocycles. The van der Waals surface area contributed by atoms with E-state index in [2.05, 4.69) is 50.2 Å². The van der Waals surface area contributed by atoms with E-state index in [1.807, 2.05) is 6.92 Å². The molecule has 4 heterocycles. The van der Waals surface area contributed by atoms with Gasteiger partial charge in [0, 0.05) is 4.83 Å². The molecule has 6 nitrogen and oxygen atoms in total. The zero-order valence-corrected chi connectivity index (χ0v) is 25.7. The standard InChI is InChI=1S/C30H51BrO6/c1-19(9-11-22(32)28(6)17-14-23(36-28)26(2,3)33)20-10-12-24-29(7,35-20)18-15-25(34-24)30(8)16-13-21(31)27(4,5)37-30/h20-25,32-33H,1,9-18H2,2-8H3. The van der Waals surface area contributed by atoms with E-state index in [0.717, 1.165) is 56.9 Å². The van der Waals surface area contributed by atoms with Gasteiger partial charge in [0.25, 0.3) is 0 Å². The second kappa shape index (κ2) is 10.4. The van der Waals surface area contributed by atoms with Crippen molar-refractivity contribution in [3.8, 4) is 0 Å². The van der Waals surface area contributed by atoms with Crippen molar-refractivity contribution in [3.63, 3.8) is 0 Å². The van der Waals surface area contributed by atoms with Crippen LogP contribution in [0.2, 0.25) is 0 Å². The Labute approximate surface area is 233 Å². The van der Waals surface area contributed by atoms with Crippen LogP contribution in [-0.4, -0.2) is 73.6 Å². The Morgan fingerprint density at radius 2 is 1.59 bits per heavy atom. The predicted molar refractivity (Wildman–Crippen MR) is 149 cm³/mol. The first-order chi connectivity index (χ1) is 17.0. The van der Waals surface area contributed by atoms with E-state index in [1.54, 1.807) is 13.8 Å². The van der Waals surface area contributed by atoms with Crippen LogP contribution in [0.25, 0.3) is 0 Å². The Morgan fingerprint density at radius 1 is 0.946 bits per heavy atom. The second-order valence-electron chi connectivity index (χ2n) is 14.0. The van der Waals surface area contributed by atoms with Gasteiger partial charge in [-0.25, -0.2) is 0 Å². The summed E-state index contributed by atoms with van der Waals surface area (Å²) in [5.41, 5.74) is -1.34. The summed E-state index contributed by atoms with van der Waals surface area (Å²) in [5.74, 6) is 0. The molecule has 37 heavy (non-hydrogen) atoms. The van der Waals surface area contributed by atoms with Crippen molar-refractivity contribution in [2.24, 2.45) is 0 Å². The van der Waals surface area contributed by atoms with Crippen molar-refractivity contribution in [3.05, 3.63) is 12.2 Å². The van der Waals surface area contributed by atoms with Gasteiger partial charge in [0.2, 0.25) is 0 Å².